The summed E-state index contributed by atoms with van der Waals surface area (Å²) in [5.41, 5.74) is 0.904. The van der Waals surface area contributed by atoms with Crippen LogP contribution in [-0.2, 0) is 4.79 Å². The van der Waals surface area contributed by atoms with Gasteiger partial charge >= 0.3 is 5.97 Å². The monoisotopic (exact) mass is 383 g/mol. The number of likely N-dealkylation sites (N-methyl/N-ethyl adjacent to an activating group) is 1. The molecule has 4 nitrogen and oxygen atoms in total. The van der Waals surface area contributed by atoms with Crippen LogP contribution in [0.15, 0.2) is 36.4 Å². The van der Waals surface area contributed by atoms with E-state index in [9.17, 15) is 9.90 Å². The normalized spacial score (nSPS) is 20.7. The Labute approximate surface area is 168 Å². The lowest BCUT2D eigenvalue weighted by atomic mass is 9.84. The maximum absolute atomic E-state index is 11.2. The molecule has 0 saturated heterocycles. The predicted molar refractivity (Wildman–Crippen MR) is 115 cm³/mol. The molecule has 1 unspecified atom stereocenters. The first-order valence-electron chi connectivity index (χ1n) is 10.6. The van der Waals surface area contributed by atoms with Crippen LogP contribution in [0.25, 0.3) is 10.8 Å². The number of carboxylic acids is 1. The van der Waals surface area contributed by atoms with Crippen LogP contribution in [0, 0.1) is 5.92 Å². The average Bonchev–Trinajstić information content (AvgIpc) is 2.71. The zero-order chi connectivity index (χ0) is 20.1. The lowest BCUT2D eigenvalue weighted by molar-refractivity contribution is -0.138. The molecule has 1 N–H and O–H groups in total. The molecule has 1 atom stereocenters. The van der Waals surface area contributed by atoms with Crippen molar-refractivity contribution >= 4 is 22.4 Å². The molecule has 2 aromatic rings. The van der Waals surface area contributed by atoms with E-state index < -0.39 is 12.0 Å². The van der Waals surface area contributed by atoms with Crippen molar-refractivity contribution in [3.8, 4) is 5.75 Å². The number of ether oxygens (including phenoxy) is 1. The third-order valence-electron chi connectivity index (χ3n) is 6.20. The Morgan fingerprint density at radius 1 is 1.14 bits per heavy atom. The SMILES string of the molecule is CCCCC1CCC(Oc2ccc3cc(N(C)C(C)C(=O)O)ccc3c2)CC1. The summed E-state index contributed by atoms with van der Waals surface area (Å²) in [5, 5.41) is 11.4. The molecule has 1 saturated carbocycles. The summed E-state index contributed by atoms with van der Waals surface area (Å²) < 4.78 is 6.28. The minimum Gasteiger partial charge on any atom is -0.490 e. The molecule has 1 aliphatic carbocycles. The Bertz CT molecular complexity index is 796. The minimum atomic E-state index is -0.823. The van der Waals surface area contributed by atoms with E-state index >= 15 is 0 Å². The Hall–Kier alpha value is -2.23. The highest BCUT2D eigenvalue weighted by Crippen LogP contribution is 2.32. The molecular weight excluding hydrogens is 350 g/mol. The molecule has 3 rings (SSSR count). The molecule has 0 aromatic heterocycles. The van der Waals surface area contributed by atoms with Gasteiger partial charge in [-0.3, -0.25) is 0 Å². The smallest absolute Gasteiger partial charge is 0.326 e. The molecule has 1 fully saturated rings. The van der Waals surface area contributed by atoms with Gasteiger partial charge < -0.3 is 14.7 Å². The molecule has 28 heavy (non-hydrogen) atoms. The topological polar surface area (TPSA) is 49.8 Å². The largest absolute Gasteiger partial charge is 0.490 e. The number of benzene rings is 2. The molecule has 0 aliphatic heterocycles. The Kier molecular flexibility index (Phi) is 6.82. The van der Waals surface area contributed by atoms with Gasteiger partial charge in [-0.25, -0.2) is 4.79 Å². The number of rotatable bonds is 8. The number of hydrogen-bond donors (Lipinski definition) is 1. The summed E-state index contributed by atoms with van der Waals surface area (Å²) in [5.74, 6) is 1.00. The molecule has 2 aromatic carbocycles. The summed E-state index contributed by atoms with van der Waals surface area (Å²) in [4.78, 5) is 13.0. The van der Waals surface area contributed by atoms with Gasteiger partial charge in [0.2, 0.25) is 0 Å². The molecule has 1 aliphatic rings. The summed E-state index contributed by atoms with van der Waals surface area (Å²) in [7, 11) is 1.81. The second-order valence-corrected chi connectivity index (χ2v) is 8.22. The molecule has 4 heteroatoms. The van der Waals surface area contributed by atoms with E-state index in [1.807, 2.05) is 31.3 Å². The number of aliphatic carboxylic acids is 1. The summed E-state index contributed by atoms with van der Waals surface area (Å²) in [6, 6.07) is 11.7. The van der Waals surface area contributed by atoms with Crippen molar-refractivity contribution in [3.63, 3.8) is 0 Å². The van der Waals surface area contributed by atoms with E-state index in [0.29, 0.717) is 6.10 Å². The Morgan fingerprint density at radius 2 is 1.82 bits per heavy atom. The fourth-order valence-electron chi connectivity index (χ4n) is 4.12. The lowest BCUT2D eigenvalue weighted by Gasteiger charge is -2.29. The van der Waals surface area contributed by atoms with Crippen LogP contribution >= 0.6 is 0 Å². The fourth-order valence-corrected chi connectivity index (χ4v) is 4.12. The van der Waals surface area contributed by atoms with E-state index in [4.69, 9.17) is 4.74 Å². The molecule has 0 heterocycles. The molecule has 0 spiro atoms. The number of unbranched alkanes of at least 4 members (excludes halogenated alkanes) is 1. The van der Waals surface area contributed by atoms with Crippen LogP contribution in [0.2, 0.25) is 0 Å². The maximum Gasteiger partial charge on any atom is 0.326 e. The van der Waals surface area contributed by atoms with E-state index in [1.54, 1.807) is 11.8 Å². The van der Waals surface area contributed by atoms with Crippen molar-refractivity contribution in [3.05, 3.63) is 36.4 Å². The number of nitrogens with zero attached hydrogens (tertiary/aromatic N) is 1. The summed E-state index contributed by atoms with van der Waals surface area (Å²) in [6.45, 7) is 3.96. The van der Waals surface area contributed by atoms with E-state index in [-0.39, 0.29) is 0 Å². The van der Waals surface area contributed by atoms with Gasteiger partial charge in [0.05, 0.1) is 6.10 Å². The van der Waals surface area contributed by atoms with Crippen LogP contribution < -0.4 is 9.64 Å². The van der Waals surface area contributed by atoms with Gasteiger partial charge in [0.15, 0.2) is 0 Å². The first-order valence-corrected chi connectivity index (χ1v) is 10.6. The summed E-state index contributed by atoms with van der Waals surface area (Å²) >= 11 is 0. The maximum atomic E-state index is 11.2. The highest BCUT2D eigenvalue weighted by molar-refractivity contribution is 5.88. The lowest BCUT2D eigenvalue weighted by Crippen LogP contribution is -2.35. The zero-order valence-electron chi connectivity index (χ0n) is 17.4. The van der Waals surface area contributed by atoms with Gasteiger partial charge in [-0.1, -0.05) is 38.3 Å². The van der Waals surface area contributed by atoms with Gasteiger partial charge in [0.1, 0.15) is 11.8 Å². The second kappa shape index (κ2) is 9.31. The third kappa shape index (κ3) is 4.98. The van der Waals surface area contributed by atoms with E-state index in [1.165, 1.54) is 32.1 Å². The number of carboxylic acid groups (broad SMARTS) is 1. The molecular formula is C24H33NO3. The highest BCUT2D eigenvalue weighted by atomic mass is 16.5. The quantitative estimate of drug-likeness (QED) is 0.619. The van der Waals surface area contributed by atoms with Gasteiger partial charge in [-0.05, 0) is 73.6 Å². The van der Waals surface area contributed by atoms with Crippen molar-refractivity contribution in [1.29, 1.82) is 0 Å². The standard InChI is InChI=1S/C24H33NO3/c1-4-5-6-18-7-12-22(13-8-18)28-23-14-10-19-15-21(11-9-20(19)16-23)25(3)17(2)24(26)27/h9-11,14-18,22H,4-8,12-13H2,1-3H3,(H,26,27). The van der Waals surface area contributed by atoms with Crippen molar-refractivity contribution in [1.82, 2.24) is 0 Å². The van der Waals surface area contributed by atoms with Crippen molar-refractivity contribution in [2.45, 2.75) is 70.9 Å². The molecule has 0 amide bonds. The summed E-state index contributed by atoms with van der Waals surface area (Å²) in [6.07, 6.45) is 9.23. The number of anilines is 1. The minimum absolute atomic E-state index is 0.331. The second-order valence-electron chi connectivity index (χ2n) is 8.22. The predicted octanol–water partition coefficient (Wildman–Crippen LogP) is 5.88. The van der Waals surface area contributed by atoms with Crippen LogP contribution in [0.3, 0.4) is 0 Å². The molecule has 152 valence electrons. The van der Waals surface area contributed by atoms with Crippen molar-refractivity contribution in [2.75, 3.05) is 11.9 Å². The van der Waals surface area contributed by atoms with Gasteiger partial charge in [-0.2, -0.15) is 0 Å². The van der Waals surface area contributed by atoms with Crippen LogP contribution in [-0.4, -0.2) is 30.3 Å². The molecule has 0 bridgehead atoms. The third-order valence-corrected chi connectivity index (χ3v) is 6.20. The zero-order valence-corrected chi connectivity index (χ0v) is 17.4. The first-order chi connectivity index (χ1) is 13.5. The number of carbonyl (C=O) groups is 1. The number of fused-ring (bicyclic) bond motifs is 1. The first kappa shape index (κ1) is 20.5. The highest BCUT2D eigenvalue weighted by Gasteiger charge is 2.22. The average molecular weight is 384 g/mol. The van der Waals surface area contributed by atoms with Gasteiger partial charge in [0, 0.05) is 12.7 Å². The Balaban J connectivity index is 1.63. The van der Waals surface area contributed by atoms with Crippen molar-refractivity contribution in [2.24, 2.45) is 5.92 Å². The van der Waals surface area contributed by atoms with Crippen molar-refractivity contribution < 1.29 is 14.6 Å². The number of hydrogen-bond acceptors (Lipinski definition) is 3. The fraction of sp³-hybridized carbons (Fsp3) is 0.542. The Morgan fingerprint density at radius 3 is 2.50 bits per heavy atom. The van der Waals surface area contributed by atoms with Crippen LogP contribution in [0.4, 0.5) is 5.69 Å². The van der Waals surface area contributed by atoms with Gasteiger partial charge in [0.25, 0.3) is 0 Å². The van der Waals surface area contributed by atoms with Crippen LogP contribution in [0.5, 0.6) is 5.75 Å². The molecule has 0 radical (unpaired) electrons. The van der Waals surface area contributed by atoms with Gasteiger partial charge in [-0.15, -0.1) is 0 Å². The van der Waals surface area contributed by atoms with E-state index in [0.717, 1.165) is 41.0 Å². The van der Waals surface area contributed by atoms with E-state index in [2.05, 4.69) is 19.1 Å². The van der Waals surface area contributed by atoms with Crippen LogP contribution in [0.1, 0.15) is 58.8 Å².